The second-order valence-corrected chi connectivity index (χ2v) is 5.25. The van der Waals surface area contributed by atoms with E-state index < -0.39 is 0 Å². The Hall–Kier alpha value is -2.76. The molecule has 0 saturated heterocycles. The van der Waals surface area contributed by atoms with Crippen LogP contribution in [0.2, 0.25) is 0 Å². The molecule has 0 saturated carbocycles. The van der Waals surface area contributed by atoms with Crippen molar-refractivity contribution in [1.29, 1.82) is 0 Å². The molecule has 1 aromatic heterocycles. The maximum atomic E-state index is 12.3. The van der Waals surface area contributed by atoms with E-state index in [9.17, 15) is 4.79 Å². The second kappa shape index (κ2) is 7.49. The van der Waals surface area contributed by atoms with Crippen LogP contribution >= 0.6 is 0 Å². The molecule has 0 unspecified atom stereocenters. The third-order valence-electron chi connectivity index (χ3n) is 3.09. The summed E-state index contributed by atoms with van der Waals surface area (Å²) >= 11 is 0. The maximum absolute atomic E-state index is 12.3. The first-order chi connectivity index (χ1) is 11.0. The first-order valence-corrected chi connectivity index (χ1v) is 7.29. The molecular formula is C17H21N3O3. The van der Waals surface area contributed by atoms with Crippen molar-refractivity contribution >= 4 is 17.3 Å². The lowest BCUT2D eigenvalue weighted by Gasteiger charge is -2.12. The monoisotopic (exact) mass is 315 g/mol. The van der Waals surface area contributed by atoms with Crippen LogP contribution in [0.4, 0.5) is 11.4 Å². The summed E-state index contributed by atoms with van der Waals surface area (Å²) in [6.45, 7) is 4.06. The third kappa shape index (κ3) is 4.35. The molecule has 23 heavy (non-hydrogen) atoms. The van der Waals surface area contributed by atoms with Crippen LogP contribution in [0.5, 0.6) is 11.5 Å². The summed E-state index contributed by atoms with van der Waals surface area (Å²) in [6, 6.07) is 9.00. The Morgan fingerprint density at radius 3 is 2.43 bits per heavy atom. The van der Waals surface area contributed by atoms with Crippen molar-refractivity contribution in [1.82, 2.24) is 4.98 Å². The van der Waals surface area contributed by atoms with Crippen LogP contribution < -0.4 is 20.1 Å². The lowest BCUT2D eigenvalue weighted by atomic mass is 10.2. The fraction of sp³-hybridized carbons (Fsp3) is 0.294. The van der Waals surface area contributed by atoms with Crippen LogP contribution in [0.1, 0.15) is 24.3 Å². The Morgan fingerprint density at radius 2 is 1.78 bits per heavy atom. The third-order valence-corrected chi connectivity index (χ3v) is 3.09. The molecule has 0 atom stereocenters. The average molecular weight is 315 g/mol. The highest BCUT2D eigenvalue weighted by atomic mass is 16.5. The minimum atomic E-state index is -0.287. The van der Waals surface area contributed by atoms with Crippen molar-refractivity contribution in [2.45, 2.75) is 19.9 Å². The molecule has 1 aromatic carbocycles. The molecule has 2 N–H and O–H groups in total. The number of nitrogens with one attached hydrogen (secondary N) is 2. The van der Waals surface area contributed by atoms with Gasteiger partial charge in [-0.15, -0.1) is 0 Å². The van der Waals surface area contributed by atoms with Gasteiger partial charge in [-0.25, -0.2) is 0 Å². The van der Waals surface area contributed by atoms with E-state index >= 15 is 0 Å². The Labute approximate surface area is 135 Å². The number of nitrogens with zero attached hydrogens (tertiary/aromatic N) is 1. The molecule has 0 bridgehead atoms. The number of ether oxygens (including phenoxy) is 2. The first-order valence-electron chi connectivity index (χ1n) is 7.29. The van der Waals surface area contributed by atoms with Gasteiger partial charge in [-0.3, -0.25) is 9.78 Å². The average Bonchev–Trinajstić information content (AvgIpc) is 2.54. The lowest BCUT2D eigenvalue weighted by molar-refractivity contribution is 0.102. The number of hydrogen-bond donors (Lipinski definition) is 2. The molecule has 1 amide bonds. The summed E-state index contributed by atoms with van der Waals surface area (Å²) in [5.41, 5.74) is 1.80. The van der Waals surface area contributed by atoms with Crippen molar-refractivity contribution in [3.63, 3.8) is 0 Å². The van der Waals surface area contributed by atoms with Gasteiger partial charge >= 0.3 is 0 Å². The number of carbonyl (C=O) groups is 1. The number of pyridine rings is 1. The number of benzene rings is 1. The number of aromatic nitrogens is 1. The quantitative estimate of drug-likeness (QED) is 0.856. The van der Waals surface area contributed by atoms with Crippen molar-refractivity contribution in [3.8, 4) is 11.5 Å². The minimum Gasteiger partial charge on any atom is -0.493 e. The molecule has 122 valence electrons. The molecule has 0 spiro atoms. The zero-order valence-electron chi connectivity index (χ0n) is 13.7. The van der Waals surface area contributed by atoms with Gasteiger partial charge in [0.25, 0.3) is 5.91 Å². The molecule has 1 heterocycles. The number of amides is 1. The Morgan fingerprint density at radius 1 is 1.04 bits per heavy atom. The van der Waals surface area contributed by atoms with E-state index in [0.717, 1.165) is 5.69 Å². The van der Waals surface area contributed by atoms with Crippen molar-refractivity contribution in [3.05, 3.63) is 42.2 Å². The van der Waals surface area contributed by atoms with Gasteiger partial charge in [0.2, 0.25) is 0 Å². The van der Waals surface area contributed by atoms with Crippen LogP contribution in [-0.4, -0.2) is 31.2 Å². The molecule has 2 rings (SSSR count). The fourth-order valence-corrected chi connectivity index (χ4v) is 2.09. The number of rotatable bonds is 6. The van der Waals surface area contributed by atoms with Gasteiger partial charge in [0.15, 0.2) is 11.5 Å². The van der Waals surface area contributed by atoms with E-state index in [-0.39, 0.29) is 11.9 Å². The van der Waals surface area contributed by atoms with Gasteiger partial charge in [-0.05, 0) is 38.1 Å². The zero-order valence-corrected chi connectivity index (χ0v) is 13.7. The zero-order chi connectivity index (χ0) is 16.8. The van der Waals surface area contributed by atoms with E-state index in [2.05, 4.69) is 15.6 Å². The molecule has 0 aliphatic heterocycles. The van der Waals surface area contributed by atoms with Crippen LogP contribution in [0.15, 0.2) is 36.5 Å². The van der Waals surface area contributed by atoms with Crippen LogP contribution in [0, 0.1) is 0 Å². The van der Waals surface area contributed by atoms with E-state index in [1.807, 2.05) is 19.9 Å². The van der Waals surface area contributed by atoms with Gasteiger partial charge in [0, 0.05) is 29.7 Å². The standard InChI is InChI=1S/C17H21N3O3/c1-11(2)19-13-7-8-18-14(9-13)17(21)20-12-5-6-15(22-3)16(10-12)23-4/h5-11H,1-4H3,(H,18,19)(H,20,21). The van der Waals surface area contributed by atoms with E-state index in [4.69, 9.17) is 9.47 Å². The Bertz CT molecular complexity index is 687. The van der Waals surface area contributed by atoms with Crippen molar-refractivity contribution in [2.75, 3.05) is 24.9 Å². The summed E-state index contributed by atoms with van der Waals surface area (Å²) in [7, 11) is 3.11. The van der Waals surface area contributed by atoms with Gasteiger partial charge in [0.05, 0.1) is 14.2 Å². The Balaban J connectivity index is 2.15. The van der Waals surface area contributed by atoms with Gasteiger partial charge in [-0.1, -0.05) is 0 Å². The fourth-order valence-electron chi connectivity index (χ4n) is 2.09. The number of anilines is 2. The van der Waals surface area contributed by atoms with Crippen molar-refractivity contribution < 1.29 is 14.3 Å². The minimum absolute atomic E-state index is 0.277. The predicted octanol–water partition coefficient (Wildman–Crippen LogP) is 3.17. The lowest BCUT2D eigenvalue weighted by Crippen LogP contribution is -2.15. The molecular weight excluding hydrogens is 294 g/mol. The van der Waals surface area contributed by atoms with Gasteiger partial charge < -0.3 is 20.1 Å². The predicted molar refractivity (Wildman–Crippen MR) is 90.5 cm³/mol. The number of carbonyl (C=O) groups excluding carboxylic acids is 1. The summed E-state index contributed by atoms with van der Waals surface area (Å²) in [5, 5.41) is 6.04. The van der Waals surface area contributed by atoms with Crippen LogP contribution in [0.3, 0.4) is 0 Å². The highest BCUT2D eigenvalue weighted by molar-refractivity contribution is 6.03. The molecule has 0 aliphatic carbocycles. The van der Waals surface area contributed by atoms with E-state index in [1.165, 1.54) is 0 Å². The van der Waals surface area contributed by atoms with E-state index in [0.29, 0.717) is 22.9 Å². The topological polar surface area (TPSA) is 72.5 Å². The summed E-state index contributed by atoms with van der Waals surface area (Å²) in [6.07, 6.45) is 1.61. The Kier molecular flexibility index (Phi) is 5.41. The summed E-state index contributed by atoms with van der Waals surface area (Å²) in [4.78, 5) is 16.4. The molecule has 6 nitrogen and oxygen atoms in total. The molecule has 0 radical (unpaired) electrons. The highest BCUT2D eigenvalue weighted by Gasteiger charge is 2.11. The normalized spacial score (nSPS) is 10.3. The number of methoxy groups -OCH3 is 2. The summed E-state index contributed by atoms with van der Waals surface area (Å²) in [5.74, 6) is 0.866. The SMILES string of the molecule is COc1ccc(NC(=O)c2cc(NC(C)C)ccn2)cc1OC. The van der Waals surface area contributed by atoms with E-state index in [1.54, 1.807) is 44.7 Å². The van der Waals surface area contributed by atoms with Gasteiger partial charge in [0.1, 0.15) is 5.69 Å². The molecule has 0 fully saturated rings. The number of hydrogen-bond acceptors (Lipinski definition) is 5. The van der Waals surface area contributed by atoms with Crippen molar-refractivity contribution in [2.24, 2.45) is 0 Å². The molecule has 2 aromatic rings. The van der Waals surface area contributed by atoms with Gasteiger partial charge in [-0.2, -0.15) is 0 Å². The second-order valence-electron chi connectivity index (χ2n) is 5.25. The first kappa shape index (κ1) is 16.6. The smallest absolute Gasteiger partial charge is 0.274 e. The largest absolute Gasteiger partial charge is 0.493 e. The van der Waals surface area contributed by atoms with Crippen LogP contribution in [0.25, 0.3) is 0 Å². The molecule has 0 aliphatic rings. The van der Waals surface area contributed by atoms with Crippen LogP contribution in [-0.2, 0) is 0 Å². The summed E-state index contributed by atoms with van der Waals surface area (Å²) < 4.78 is 10.4. The maximum Gasteiger partial charge on any atom is 0.274 e. The molecule has 6 heteroatoms. The highest BCUT2D eigenvalue weighted by Crippen LogP contribution is 2.29.